The summed E-state index contributed by atoms with van der Waals surface area (Å²) in [5.41, 5.74) is 2.11. The molecule has 0 fully saturated rings. The molecule has 0 bridgehead atoms. The molecule has 0 unspecified atom stereocenters. The summed E-state index contributed by atoms with van der Waals surface area (Å²) in [5.74, 6) is 0. The molecule has 0 saturated carbocycles. The van der Waals surface area contributed by atoms with Gasteiger partial charge in [0.2, 0.25) is 0 Å². The predicted molar refractivity (Wildman–Crippen MR) is 42.8 cm³/mol. The molecule has 0 aliphatic rings. The van der Waals surface area contributed by atoms with Crippen molar-refractivity contribution in [2.45, 2.75) is 13.8 Å². The van der Waals surface area contributed by atoms with Crippen LogP contribution in [-0.2, 0) is 0 Å². The summed E-state index contributed by atoms with van der Waals surface area (Å²) in [6, 6.07) is 1.95. The van der Waals surface area contributed by atoms with Crippen LogP contribution in [0.2, 0.25) is 0 Å². The molecule has 1 aromatic rings. The minimum atomic E-state index is 0.949. The molecule has 0 atom stereocenters. The molecule has 1 aromatic heterocycles. The van der Waals surface area contributed by atoms with Crippen LogP contribution < -0.4 is 0 Å². The second-order valence-corrected chi connectivity index (χ2v) is 2.05. The summed E-state index contributed by atoms with van der Waals surface area (Å²) >= 11 is 0. The molecule has 0 aliphatic heterocycles. The molecular formula is C8H10N2. The molecule has 2 heteroatoms. The lowest BCUT2D eigenvalue weighted by atomic mass is 10.3. The van der Waals surface area contributed by atoms with Gasteiger partial charge in [-0.1, -0.05) is 0 Å². The van der Waals surface area contributed by atoms with Crippen molar-refractivity contribution in [3.05, 3.63) is 24.0 Å². The molecule has 0 amide bonds. The van der Waals surface area contributed by atoms with Gasteiger partial charge in [-0.3, -0.25) is 9.98 Å². The first-order chi connectivity index (χ1) is 4.84. The zero-order valence-corrected chi connectivity index (χ0v) is 6.20. The summed E-state index contributed by atoms with van der Waals surface area (Å²) in [7, 11) is 0. The van der Waals surface area contributed by atoms with Gasteiger partial charge in [-0.05, 0) is 25.5 Å². The highest BCUT2D eigenvalue weighted by molar-refractivity contribution is 5.61. The smallest absolute Gasteiger partial charge is 0.0837 e. The molecule has 2 nitrogen and oxygen atoms in total. The van der Waals surface area contributed by atoms with E-state index in [9.17, 15) is 0 Å². The van der Waals surface area contributed by atoms with Crippen molar-refractivity contribution in [1.29, 1.82) is 0 Å². The molecule has 0 aromatic carbocycles. The summed E-state index contributed by atoms with van der Waals surface area (Å²) in [4.78, 5) is 8.07. The lowest BCUT2D eigenvalue weighted by Gasteiger charge is -1.94. The monoisotopic (exact) mass is 134 g/mol. The van der Waals surface area contributed by atoms with Gasteiger partial charge < -0.3 is 0 Å². The quantitative estimate of drug-likeness (QED) is 0.540. The first-order valence-corrected chi connectivity index (χ1v) is 3.24. The first kappa shape index (κ1) is 6.93. The summed E-state index contributed by atoms with van der Waals surface area (Å²) < 4.78 is 0. The van der Waals surface area contributed by atoms with Crippen LogP contribution >= 0.6 is 0 Å². The molecule has 0 spiro atoms. The van der Waals surface area contributed by atoms with Gasteiger partial charge in [-0.15, -0.1) is 0 Å². The predicted octanol–water partition coefficient (Wildman–Crippen LogP) is 2.11. The first-order valence-electron chi connectivity index (χ1n) is 3.24. The second-order valence-electron chi connectivity index (χ2n) is 2.05. The van der Waals surface area contributed by atoms with E-state index in [1.165, 1.54) is 0 Å². The second kappa shape index (κ2) is 3.11. The van der Waals surface area contributed by atoms with Gasteiger partial charge in [-0.2, -0.15) is 0 Å². The highest BCUT2D eigenvalue weighted by Gasteiger charge is 1.90. The Bertz CT molecular complexity index is 241. The van der Waals surface area contributed by atoms with Crippen molar-refractivity contribution in [2.24, 2.45) is 4.99 Å². The Balaban J connectivity index is 3.03. The highest BCUT2D eigenvalue weighted by Crippen LogP contribution is 2.13. The SMILES string of the molecule is C/C=N\c1cnccc1C. The van der Waals surface area contributed by atoms with Crippen molar-refractivity contribution >= 4 is 11.9 Å². The van der Waals surface area contributed by atoms with E-state index in [1.807, 2.05) is 19.9 Å². The van der Waals surface area contributed by atoms with E-state index >= 15 is 0 Å². The van der Waals surface area contributed by atoms with E-state index < -0.39 is 0 Å². The van der Waals surface area contributed by atoms with Crippen molar-refractivity contribution in [3.63, 3.8) is 0 Å². The van der Waals surface area contributed by atoms with E-state index in [-0.39, 0.29) is 0 Å². The summed E-state index contributed by atoms with van der Waals surface area (Å²) in [6.45, 7) is 3.91. The third-order valence-electron chi connectivity index (χ3n) is 1.28. The fraction of sp³-hybridized carbons (Fsp3) is 0.250. The van der Waals surface area contributed by atoms with Crippen molar-refractivity contribution in [1.82, 2.24) is 4.98 Å². The maximum Gasteiger partial charge on any atom is 0.0837 e. The van der Waals surface area contributed by atoms with E-state index in [0.29, 0.717) is 0 Å². The minimum absolute atomic E-state index is 0.949. The third kappa shape index (κ3) is 1.41. The fourth-order valence-corrected chi connectivity index (χ4v) is 0.730. The van der Waals surface area contributed by atoms with Gasteiger partial charge in [0.05, 0.1) is 11.9 Å². The van der Waals surface area contributed by atoms with Gasteiger partial charge >= 0.3 is 0 Å². The van der Waals surface area contributed by atoms with Gasteiger partial charge in [0.25, 0.3) is 0 Å². The molecule has 1 heterocycles. The fourth-order valence-electron chi connectivity index (χ4n) is 0.730. The zero-order chi connectivity index (χ0) is 7.40. The number of aromatic nitrogens is 1. The van der Waals surface area contributed by atoms with Crippen LogP contribution in [0.4, 0.5) is 5.69 Å². The topological polar surface area (TPSA) is 25.2 Å². The number of rotatable bonds is 1. The van der Waals surface area contributed by atoms with E-state index in [4.69, 9.17) is 0 Å². The van der Waals surface area contributed by atoms with Crippen LogP contribution in [0.25, 0.3) is 0 Å². The summed E-state index contributed by atoms with van der Waals surface area (Å²) in [5, 5.41) is 0. The third-order valence-corrected chi connectivity index (χ3v) is 1.28. The van der Waals surface area contributed by atoms with Crippen molar-refractivity contribution in [3.8, 4) is 0 Å². The lowest BCUT2D eigenvalue weighted by Crippen LogP contribution is -1.75. The Morgan fingerprint density at radius 2 is 2.40 bits per heavy atom. The van der Waals surface area contributed by atoms with Crippen LogP contribution in [0.3, 0.4) is 0 Å². The Kier molecular flexibility index (Phi) is 2.15. The molecule has 10 heavy (non-hydrogen) atoms. The Morgan fingerprint density at radius 3 is 3.00 bits per heavy atom. The minimum Gasteiger partial charge on any atom is -0.262 e. The maximum absolute atomic E-state index is 4.12. The summed E-state index contributed by atoms with van der Waals surface area (Å²) in [6.07, 6.45) is 5.30. The van der Waals surface area contributed by atoms with Crippen LogP contribution in [0.5, 0.6) is 0 Å². The Hall–Kier alpha value is -1.18. The lowest BCUT2D eigenvalue weighted by molar-refractivity contribution is 1.26. The number of aliphatic imine (C=N–C) groups is 1. The van der Waals surface area contributed by atoms with Crippen LogP contribution in [-0.4, -0.2) is 11.2 Å². The van der Waals surface area contributed by atoms with Gasteiger partial charge in [0.15, 0.2) is 0 Å². The van der Waals surface area contributed by atoms with E-state index in [1.54, 1.807) is 18.6 Å². The van der Waals surface area contributed by atoms with Crippen molar-refractivity contribution < 1.29 is 0 Å². The largest absolute Gasteiger partial charge is 0.262 e. The molecule has 0 saturated heterocycles. The normalized spacial score (nSPS) is 10.6. The average Bonchev–Trinajstić information content (AvgIpc) is 1.94. The Labute approximate surface area is 60.6 Å². The molecule has 0 aliphatic carbocycles. The Morgan fingerprint density at radius 1 is 1.60 bits per heavy atom. The zero-order valence-electron chi connectivity index (χ0n) is 6.20. The highest BCUT2D eigenvalue weighted by atomic mass is 14.8. The van der Waals surface area contributed by atoms with Crippen LogP contribution in [0, 0.1) is 6.92 Å². The average molecular weight is 134 g/mol. The van der Waals surface area contributed by atoms with E-state index in [2.05, 4.69) is 9.98 Å². The van der Waals surface area contributed by atoms with E-state index in [0.717, 1.165) is 11.3 Å². The van der Waals surface area contributed by atoms with Crippen LogP contribution in [0.15, 0.2) is 23.5 Å². The van der Waals surface area contributed by atoms with Crippen molar-refractivity contribution in [2.75, 3.05) is 0 Å². The molecular weight excluding hydrogens is 124 g/mol. The standard InChI is InChI=1S/C8H10N2/c1-3-10-8-6-9-5-4-7(8)2/h3-6H,1-2H3/b10-3-. The number of hydrogen-bond acceptors (Lipinski definition) is 2. The number of aryl methyl sites for hydroxylation is 1. The molecule has 0 N–H and O–H groups in total. The molecule has 52 valence electrons. The molecule has 1 rings (SSSR count). The van der Waals surface area contributed by atoms with Gasteiger partial charge in [0.1, 0.15) is 0 Å². The van der Waals surface area contributed by atoms with Crippen LogP contribution in [0.1, 0.15) is 12.5 Å². The number of pyridine rings is 1. The maximum atomic E-state index is 4.12. The van der Waals surface area contributed by atoms with Gasteiger partial charge in [0, 0.05) is 12.4 Å². The number of nitrogens with zero attached hydrogens (tertiary/aromatic N) is 2. The molecule has 0 radical (unpaired) electrons. The number of hydrogen-bond donors (Lipinski definition) is 0. The van der Waals surface area contributed by atoms with Gasteiger partial charge in [-0.25, -0.2) is 0 Å².